The minimum absolute atomic E-state index is 0.0719. The molecule has 0 spiro atoms. The van der Waals surface area contributed by atoms with E-state index in [4.69, 9.17) is 5.73 Å². The van der Waals surface area contributed by atoms with Gasteiger partial charge in [0.25, 0.3) is 11.5 Å². The molecule has 5 aromatic rings. The molecule has 220 valence electrons. The number of likely N-dealkylation sites (tertiary alicyclic amines) is 1. The zero-order chi connectivity index (χ0) is 29.7. The van der Waals surface area contributed by atoms with Gasteiger partial charge < -0.3 is 15.7 Å². The van der Waals surface area contributed by atoms with Crippen molar-refractivity contribution in [3.8, 4) is 11.3 Å². The first-order chi connectivity index (χ1) is 20.8. The summed E-state index contributed by atoms with van der Waals surface area (Å²) in [6.07, 6.45) is 7.73. The summed E-state index contributed by atoms with van der Waals surface area (Å²) in [5.74, 6) is -0.0974. The molecule has 1 amide bonds. The first-order valence-electron chi connectivity index (χ1n) is 14.7. The van der Waals surface area contributed by atoms with Gasteiger partial charge in [-0.25, -0.2) is 9.50 Å². The summed E-state index contributed by atoms with van der Waals surface area (Å²) >= 11 is 0. The summed E-state index contributed by atoms with van der Waals surface area (Å²) in [4.78, 5) is 33.1. The Labute approximate surface area is 248 Å². The van der Waals surface area contributed by atoms with E-state index in [-0.39, 0.29) is 29.7 Å². The van der Waals surface area contributed by atoms with Crippen LogP contribution in [0, 0.1) is 0 Å². The minimum Gasteiger partial charge on any atom is -0.388 e. The number of hydrogen-bond donors (Lipinski definition) is 2. The number of aromatic nitrogens is 6. The smallest absolute Gasteiger partial charge is 0.296 e. The molecule has 1 aliphatic carbocycles. The van der Waals surface area contributed by atoms with Gasteiger partial charge in [0, 0.05) is 38.2 Å². The standard InChI is InChI=1S/C32H34N8O3/c1-37-27(13-21-5-3-2-4-6-21)26(17-35-37)30(41)38-11-9-32(43,10-12-38)19-39-20-36-40-28(18-34-29(40)31(39)42)23-8-7-22-15-25(33)16-24(22)14-23/h2-8,14,17-18,20,25,43H,9-13,15-16,19,33H2,1H3. The molecule has 43 heavy (non-hydrogen) atoms. The third kappa shape index (κ3) is 5.04. The Bertz CT molecular complexity index is 1880. The van der Waals surface area contributed by atoms with Gasteiger partial charge in [0.05, 0.1) is 41.5 Å². The molecule has 1 aliphatic heterocycles. The van der Waals surface area contributed by atoms with Crippen molar-refractivity contribution >= 4 is 11.6 Å². The van der Waals surface area contributed by atoms with Gasteiger partial charge in [0.2, 0.25) is 5.65 Å². The lowest BCUT2D eigenvalue weighted by atomic mass is 9.91. The molecule has 2 aromatic carbocycles. The van der Waals surface area contributed by atoms with Gasteiger partial charge in [-0.15, -0.1) is 0 Å². The highest BCUT2D eigenvalue weighted by molar-refractivity contribution is 5.95. The van der Waals surface area contributed by atoms with Gasteiger partial charge in [0.1, 0.15) is 6.33 Å². The first kappa shape index (κ1) is 27.2. The third-order valence-corrected chi connectivity index (χ3v) is 8.92. The van der Waals surface area contributed by atoms with Crippen molar-refractivity contribution in [2.45, 2.75) is 50.3 Å². The molecule has 7 rings (SSSR count). The maximum absolute atomic E-state index is 13.5. The van der Waals surface area contributed by atoms with Crippen LogP contribution in [0.15, 0.2) is 72.0 Å². The maximum atomic E-state index is 13.5. The van der Waals surface area contributed by atoms with Crippen molar-refractivity contribution in [2.75, 3.05) is 13.1 Å². The van der Waals surface area contributed by atoms with Crippen LogP contribution in [0.4, 0.5) is 0 Å². The van der Waals surface area contributed by atoms with E-state index < -0.39 is 5.60 Å². The van der Waals surface area contributed by atoms with Crippen LogP contribution in [0.2, 0.25) is 0 Å². The van der Waals surface area contributed by atoms with Crippen molar-refractivity contribution in [1.82, 2.24) is 33.8 Å². The number of piperidine rings is 1. The van der Waals surface area contributed by atoms with Crippen molar-refractivity contribution in [3.63, 3.8) is 0 Å². The largest absolute Gasteiger partial charge is 0.388 e. The normalized spacial score (nSPS) is 17.8. The van der Waals surface area contributed by atoms with Crippen LogP contribution in [0.25, 0.3) is 16.9 Å². The van der Waals surface area contributed by atoms with E-state index in [0.29, 0.717) is 37.9 Å². The Morgan fingerprint density at radius 2 is 1.81 bits per heavy atom. The lowest BCUT2D eigenvalue weighted by molar-refractivity contribution is -0.0300. The molecule has 4 heterocycles. The summed E-state index contributed by atoms with van der Waals surface area (Å²) in [7, 11) is 1.84. The average Bonchev–Trinajstić information content (AvgIpc) is 3.71. The number of benzene rings is 2. The fraction of sp³-hybridized carbons (Fsp3) is 0.344. The van der Waals surface area contributed by atoms with Crippen LogP contribution in [-0.4, -0.2) is 69.6 Å². The van der Waals surface area contributed by atoms with Gasteiger partial charge in [-0.05, 0) is 48.4 Å². The second-order valence-corrected chi connectivity index (χ2v) is 11.9. The highest BCUT2D eigenvalue weighted by atomic mass is 16.3. The van der Waals surface area contributed by atoms with Crippen molar-refractivity contribution in [1.29, 1.82) is 0 Å². The maximum Gasteiger partial charge on any atom is 0.296 e. The van der Waals surface area contributed by atoms with Crippen LogP contribution >= 0.6 is 0 Å². The molecule has 0 radical (unpaired) electrons. The molecule has 11 heteroatoms. The Morgan fingerprint density at radius 1 is 1.05 bits per heavy atom. The van der Waals surface area contributed by atoms with E-state index in [1.807, 2.05) is 43.4 Å². The number of amides is 1. The molecule has 3 aromatic heterocycles. The van der Waals surface area contributed by atoms with E-state index in [9.17, 15) is 14.7 Å². The predicted octanol–water partition coefficient (Wildman–Crippen LogP) is 1.98. The number of carbonyl (C=O) groups is 1. The van der Waals surface area contributed by atoms with Crippen molar-refractivity contribution in [3.05, 3.63) is 106 Å². The number of nitrogens with zero attached hydrogens (tertiary/aromatic N) is 7. The van der Waals surface area contributed by atoms with Gasteiger partial charge >= 0.3 is 0 Å². The van der Waals surface area contributed by atoms with E-state index in [1.54, 1.807) is 26.5 Å². The number of fused-ring (bicyclic) bond motifs is 2. The number of rotatable bonds is 6. The van der Waals surface area contributed by atoms with Crippen LogP contribution in [-0.2, 0) is 32.9 Å². The molecule has 0 bridgehead atoms. The van der Waals surface area contributed by atoms with Gasteiger partial charge in [0.15, 0.2) is 0 Å². The van der Waals surface area contributed by atoms with Crippen LogP contribution in [0.3, 0.4) is 0 Å². The highest BCUT2D eigenvalue weighted by Gasteiger charge is 2.36. The Morgan fingerprint density at radius 3 is 2.60 bits per heavy atom. The number of imidazole rings is 1. The molecule has 11 nitrogen and oxygen atoms in total. The number of aryl methyl sites for hydroxylation is 1. The van der Waals surface area contributed by atoms with Crippen LogP contribution in [0.1, 0.15) is 45.6 Å². The molecular formula is C32H34N8O3. The van der Waals surface area contributed by atoms with E-state index in [2.05, 4.69) is 27.3 Å². The summed E-state index contributed by atoms with van der Waals surface area (Å²) in [5, 5.41) is 20.3. The lowest BCUT2D eigenvalue weighted by Gasteiger charge is -2.38. The number of hydrogen-bond acceptors (Lipinski definition) is 7. The van der Waals surface area contributed by atoms with E-state index in [0.717, 1.165) is 35.4 Å². The van der Waals surface area contributed by atoms with Gasteiger partial charge in [-0.1, -0.05) is 42.5 Å². The Balaban J connectivity index is 1.05. The zero-order valence-corrected chi connectivity index (χ0v) is 24.1. The fourth-order valence-corrected chi connectivity index (χ4v) is 6.44. The molecule has 1 unspecified atom stereocenters. The molecule has 2 aliphatic rings. The predicted molar refractivity (Wildman–Crippen MR) is 161 cm³/mol. The molecule has 3 N–H and O–H groups in total. The molecular weight excluding hydrogens is 544 g/mol. The SMILES string of the molecule is Cn1ncc(C(=O)N2CCC(O)(Cn3cnn4c(-c5ccc6c(c5)CC(N)C6)cnc4c3=O)CC2)c1Cc1ccccc1. The Hall–Kier alpha value is -4.61. The average molecular weight is 579 g/mol. The number of nitrogens with two attached hydrogens (primary N) is 1. The van der Waals surface area contributed by atoms with E-state index >= 15 is 0 Å². The first-order valence-corrected chi connectivity index (χ1v) is 14.7. The fourth-order valence-electron chi connectivity index (χ4n) is 6.44. The second kappa shape index (κ2) is 10.6. The second-order valence-electron chi connectivity index (χ2n) is 11.9. The summed E-state index contributed by atoms with van der Waals surface area (Å²) in [6, 6.07) is 16.3. The summed E-state index contributed by atoms with van der Waals surface area (Å²) in [6.45, 7) is 0.812. The molecule has 1 saturated heterocycles. The topological polar surface area (TPSA) is 137 Å². The van der Waals surface area contributed by atoms with Crippen LogP contribution < -0.4 is 11.3 Å². The van der Waals surface area contributed by atoms with Gasteiger partial charge in [-0.2, -0.15) is 10.2 Å². The monoisotopic (exact) mass is 578 g/mol. The van der Waals surface area contributed by atoms with Crippen molar-refractivity contribution in [2.24, 2.45) is 12.8 Å². The minimum atomic E-state index is -1.16. The Kier molecular flexibility index (Phi) is 6.71. The lowest BCUT2D eigenvalue weighted by Crippen LogP contribution is -2.49. The summed E-state index contributed by atoms with van der Waals surface area (Å²) in [5.41, 5.74) is 11.5. The van der Waals surface area contributed by atoms with Crippen LogP contribution in [0.5, 0.6) is 0 Å². The number of carbonyl (C=O) groups excluding carboxylic acids is 1. The van der Waals surface area contributed by atoms with Crippen molar-refractivity contribution < 1.29 is 9.90 Å². The highest BCUT2D eigenvalue weighted by Crippen LogP contribution is 2.29. The number of aliphatic hydroxyl groups is 1. The molecule has 0 saturated carbocycles. The zero-order valence-electron chi connectivity index (χ0n) is 24.1. The molecule has 1 fully saturated rings. The van der Waals surface area contributed by atoms with E-state index in [1.165, 1.54) is 22.0 Å². The molecule has 1 atom stereocenters. The third-order valence-electron chi connectivity index (χ3n) is 8.92. The summed E-state index contributed by atoms with van der Waals surface area (Å²) < 4.78 is 4.73. The quantitative estimate of drug-likeness (QED) is 0.314. The van der Waals surface area contributed by atoms with Gasteiger partial charge in [-0.3, -0.25) is 18.8 Å².